The van der Waals surface area contributed by atoms with Gasteiger partial charge >= 0.3 is 0 Å². The Morgan fingerprint density at radius 2 is 1.28 bits per heavy atom. The fourth-order valence-corrected chi connectivity index (χ4v) is 4.47. The molecule has 0 unspecified atom stereocenters. The number of hydrogen-bond donors (Lipinski definition) is 0. The van der Waals surface area contributed by atoms with E-state index in [0.29, 0.717) is 0 Å². The number of hydrogen-bond acceptors (Lipinski definition) is 2. The summed E-state index contributed by atoms with van der Waals surface area (Å²) in [7, 11) is -4.23. The second-order valence-electron chi connectivity index (χ2n) is 5.08. The predicted molar refractivity (Wildman–Crippen MR) is 79.0 cm³/mol. The van der Waals surface area contributed by atoms with Gasteiger partial charge < -0.3 is 0 Å². The Hall–Kier alpha value is -1.73. The van der Waals surface area contributed by atoms with Gasteiger partial charge in [0.2, 0.25) is 0 Å². The van der Waals surface area contributed by atoms with Crippen LogP contribution in [0.15, 0.2) is 33.8 Å². The van der Waals surface area contributed by atoms with Crippen molar-refractivity contribution < 1.29 is 0 Å². The largest absolute Gasteiger partial charge is 0.181 e. The average molecular weight is 276 g/mol. The van der Waals surface area contributed by atoms with Gasteiger partial charge in [0, 0.05) is 0 Å². The highest BCUT2D eigenvalue weighted by atomic mass is 28.3. The Morgan fingerprint density at radius 3 is 1.61 bits per heavy atom. The number of rotatable bonds is 4. The zero-order chi connectivity index (χ0) is 13.8. The van der Waals surface area contributed by atoms with Crippen molar-refractivity contribution in [3.8, 4) is 0 Å². The van der Waals surface area contributed by atoms with E-state index >= 15 is 0 Å². The molecule has 0 N–H and O–H groups in total. The van der Waals surface area contributed by atoms with Crippen LogP contribution in [-0.4, -0.2) is 16.5 Å². The minimum absolute atomic E-state index is 1.06. The summed E-state index contributed by atoms with van der Waals surface area (Å²) in [5.41, 5.74) is 17.2. The van der Waals surface area contributed by atoms with Crippen LogP contribution in [0.3, 0.4) is 0 Å². The van der Waals surface area contributed by atoms with E-state index in [1.165, 1.54) is 0 Å². The Labute approximate surface area is 108 Å². The molecular weight excluding hydrogens is 260 g/mol. The Balaban J connectivity index is 3.30. The summed E-state index contributed by atoms with van der Waals surface area (Å²) in [5, 5.41) is 2.12. The molecule has 0 aliphatic heterocycles. The molecule has 8 heteroatoms. The maximum absolute atomic E-state index is 8.61. The van der Waals surface area contributed by atoms with Crippen LogP contribution >= 0.6 is 0 Å². The van der Waals surface area contributed by atoms with Crippen molar-refractivity contribution in [2.75, 3.05) is 0 Å². The lowest BCUT2D eigenvalue weighted by Crippen LogP contribution is -2.46. The smallest absolute Gasteiger partial charge is 0.119 e. The van der Waals surface area contributed by atoms with Crippen molar-refractivity contribution in [1.29, 1.82) is 0 Å². The Kier molecular flexibility index (Phi) is 4.21. The zero-order valence-corrected chi connectivity index (χ0v) is 13.0. The maximum Gasteiger partial charge on any atom is 0.181 e. The second kappa shape index (κ2) is 5.28. The molecule has 0 saturated carbocycles. The molecular formula is C10H16N6Si2. The van der Waals surface area contributed by atoms with Gasteiger partial charge in [-0.15, -0.1) is 9.56 Å². The molecule has 0 saturated heterocycles. The molecule has 0 spiro atoms. The van der Waals surface area contributed by atoms with E-state index in [1.807, 2.05) is 50.5 Å². The van der Waals surface area contributed by atoms with E-state index in [2.05, 4.69) is 19.4 Å². The Bertz CT molecular complexity index is 496. The van der Waals surface area contributed by atoms with Gasteiger partial charge in [0.25, 0.3) is 0 Å². The lowest BCUT2D eigenvalue weighted by molar-refractivity contribution is 1.52. The summed E-state index contributed by atoms with van der Waals surface area (Å²) in [5.74, 6) is 0. The molecule has 18 heavy (non-hydrogen) atoms. The van der Waals surface area contributed by atoms with E-state index in [-0.39, 0.29) is 0 Å². The van der Waals surface area contributed by atoms with Crippen LogP contribution in [-0.2, 0) is 0 Å². The first-order valence-corrected chi connectivity index (χ1v) is 11.5. The second-order valence-corrected chi connectivity index (χ2v) is 12.9. The summed E-state index contributed by atoms with van der Waals surface area (Å²) in [6, 6.07) is 7.92. The van der Waals surface area contributed by atoms with E-state index in [1.54, 1.807) is 0 Å². The molecule has 0 amide bonds. The monoisotopic (exact) mass is 276 g/mol. The van der Waals surface area contributed by atoms with Gasteiger partial charge in [-0.05, 0) is 20.9 Å². The molecule has 6 nitrogen and oxygen atoms in total. The van der Waals surface area contributed by atoms with Crippen LogP contribution in [0.25, 0.3) is 20.9 Å². The van der Waals surface area contributed by atoms with Crippen molar-refractivity contribution >= 4 is 26.8 Å². The maximum atomic E-state index is 8.61. The molecule has 0 heterocycles. The van der Waals surface area contributed by atoms with Crippen LogP contribution in [0, 0.1) is 0 Å². The molecule has 0 aliphatic rings. The van der Waals surface area contributed by atoms with E-state index in [9.17, 15) is 0 Å². The third kappa shape index (κ3) is 3.15. The van der Waals surface area contributed by atoms with Gasteiger partial charge in [-0.25, -0.2) is 0 Å². The topological polar surface area (TPSA) is 97.5 Å². The molecule has 0 aromatic heterocycles. The third-order valence-corrected chi connectivity index (χ3v) is 7.49. The minimum Gasteiger partial charge on any atom is -0.119 e. The van der Waals surface area contributed by atoms with Gasteiger partial charge in [0.05, 0.1) is 0 Å². The highest BCUT2D eigenvalue weighted by molar-refractivity contribution is 6.91. The molecule has 1 aromatic carbocycles. The Morgan fingerprint density at radius 1 is 0.889 bits per heavy atom. The number of azide groups is 2. The first kappa shape index (κ1) is 14.3. The molecule has 0 bridgehead atoms. The molecule has 0 atom stereocenters. The minimum atomic E-state index is -2.12. The number of benzene rings is 1. The lowest BCUT2D eigenvalue weighted by Gasteiger charge is -2.21. The summed E-state index contributed by atoms with van der Waals surface area (Å²) in [6.07, 6.45) is 0. The van der Waals surface area contributed by atoms with Crippen molar-refractivity contribution in [3.63, 3.8) is 0 Å². The summed E-state index contributed by atoms with van der Waals surface area (Å²) in [4.78, 5) is 5.86. The van der Waals surface area contributed by atoms with Crippen LogP contribution in [0.4, 0.5) is 0 Å². The van der Waals surface area contributed by atoms with Crippen LogP contribution < -0.4 is 10.4 Å². The van der Waals surface area contributed by atoms with Crippen molar-refractivity contribution in [1.82, 2.24) is 0 Å². The molecule has 94 valence electrons. The van der Waals surface area contributed by atoms with E-state index in [0.717, 1.165) is 10.4 Å². The van der Waals surface area contributed by atoms with Crippen LogP contribution in [0.2, 0.25) is 26.2 Å². The van der Waals surface area contributed by atoms with Crippen LogP contribution in [0.5, 0.6) is 0 Å². The fraction of sp³-hybridized carbons (Fsp3) is 0.400. The predicted octanol–water partition coefficient (Wildman–Crippen LogP) is 3.13. The van der Waals surface area contributed by atoms with Gasteiger partial charge in [0.15, 0.2) is 16.5 Å². The quantitative estimate of drug-likeness (QED) is 0.349. The molecule has 0 aliphatic carbocycles. The highest BCUT2D eigenvalue weighted by Gasteiger charge is 2.26. The van der Waals surface area contributed by atoms with Crippen LogP contribution in [0.1, 0.15) is 0 Å². The fourth-order valence-electron chi connectivity index (χ4n) is 1.62. The zero-order valence-electron chi connectivity index (χ0n) is 11.0. The molecule has 0 fully saturated rings. The van der Waals surface area contributed by atoms with E-state index in [4.69, 9.17) is 11.1 Å². The highest BCUT2D eigenvalue weighted by Crippen LogP contribution is 2.08. The van der Waals surface area contributed by atoms with Gasteiger partial charge in [-0.1, -0.05) is 60.8 Å². The van der Waals surface area contributed by atoms with Crippen molar-refractivity contribution in [3.05, 3.63) is 45.2 Å². The normalized spacial score (nSPS) is 11.3. The molecule has 1 rings (SSSR count). The summed E-state index contributed by atoms with van der Waals surface area (Å²) < 4.78 is 7.85. The van der Waals surface area contributed by atoms with Gasteiger partial charge in [-0.2, -0.15) is 0 Å². The third-order valence-electron chi connectivity index (χ3n) is 2.86. The summed E-state index contributed by atoms with van der Waals surface area (Å²) >= 11 is 0. The van der Waals surface area contributed by atoms with Crippen molar-refractivity contribution in [2.24, 2.45) is 9.56 Å². The first-order chi connectivity index (χ1) is 8.33. The molecule has 1 aromatic rings. The standard InChI is InChI=1S/C10H16N6Si2/c1-17(2,15-13-11)9-6-5-7-10(8-9)18(3,4)16-14-12/h5-8H,1-4H3. The van der Waals surface area contributed by atoms with E-state index < -0.39 is 16.5 Å². The SMILES string of the molecule is C[Si](C)(N=[N+]=[N-])c1cccc([Si](C)(C)N=[N+]=[N-])c1. The lowest BCUT2D eigenvalue weighted by atomic mass is 10.4. The van der Waals surface area contributed by atoms with Gasteiger partial charge in [0.1, 0.15) is 0 Å². The molecule has 0 radical (unpaired) electrons. The summed E-state index contributed by atoms with van der Waals surface area (Å²) in [6.45, 7) is 7.98. The number of nitrogens with zero attached hydrogens (tertiary/aromatic N) is 6. The van der Waals surface area contributed by atoms with Gasteiger partial charge in [-0.3, -0.25) is 0 Å². The first-order valence-electron chi connectivity index (χ1n) is 5.57. The van der Waals surface area contributed by atoms with Crippen molar-refractivity contribution in [2.45, 2.75) is 26.2 Å². The average Bonchev–Trinajstić information content (AvgIpc) is 2.29.